The summed E-state index contributed by atoms with van der Waals surface area (Å²) >= 11 is 0. The maximum absolute atomic E-state index is 12.5. The van der Waals surface area contributed by atoms with E-state index in [1.54, 1.807) is 0 Å². The minimum atomic E-state index is -4.41. The second-order valence-corrected chi connectivity index (χ2v) is 4.15. The largest absolute Gasteiger partial charge is 0.417 e. The molecule has 3 rings (SSSR count). The fraction of sp³-hybridized carbons (Fsp3) is 0.0833. The van der Waals surface area contributed by atoms with Crippen LogP contribution in [0.5, 0.6) is 0 Å². The van der Waals surface area contributed by atoms with Gasteiger partial charge in [-0.05, 0) is 12.1 Å². The molecule has 20 heavy (non-hydrogen) atoms. The van der Waals surface area contributed by atoms with E-state index in [1.807, 2.05) is 0 Å². The second kappa shape index (κ2) is 4.19. The van der Waals surface area contributed by atoms with Crippen LogP contribution in [-0.4, -0.2) is 20.2 Å². The van der Waals surface area contributed by atoms with Crippen molar-refractivity contribution in [2.24, 2.45) is 0 Å². The lowest BCUT2D eigenvalue weighted by Gasteiger charge is -2.07. The molecule has 0 bridgehead atoms. The number of H-pyrrole nitrogens is 1. The summed E-state index contributed by atoms with van der Waals surface area (Å²) in [6, 6.07) is 2.26. The zero-order chi connectivity index (χ0) is 14.3. The highest BCUT2D eigenvalue weighted by Crippen LogP contribution is 2.31. The van der Waals surface area contributed by atoms with Crippen LogP contribution in [0.25, 0.3) is 22.2 Å². The fourth-order valence-electron chi connectivity index (χ4n) is 1.87. The standard InChI is InChI=1S/C12H8F3N5/c13-12(14,15)6-1-2-9(18-3-6)7-4-17-5-8-10(7)19-20-11(8)16/h1-5H,(H3,16,19,20). The van der Waals surface area contributed by atoms with Crippen LogP contribution in [-0.2, 0) is 6.18 Å². The molecule has 3 heterocycles. The van der Waals surface area contributed by atoms with Gasteiger partial charge in [-0.25, -0.2) is 0 Å². The molecule has 0 saturated heterocycles. The maximum atomic E-state index is 12.5. The van der Waals surface area contributed by atoms with Gasteiger partial charge >= 0.3 is 6.18 Å². The van der Waals surface area contributed by atoms with Crippen LogP contribution in [0.1, 0.15) is 5.56 Å². The first-order valence-electron chi connectivity index (χ1n) is 5.58. The van der Waals surface area contributed by atoms with Crippen molar-refractivity contribution < 1.29 is 13.2 Å². The summed E-state index contributed by atoms with van der Waals surface area (Å²) in [5.74, 6) is 0.279. The second-order valence-electron chi connectivity index (χ2n) is 4.15. The van der Waals surface area contributed by atoms with Crippen molar-refractivity contribution in [1.82, 2.24) is 20.2 Å². The Labute approximate surface area is 110 Å². The first kappa shape index (κ1) is 12.4. The Morgan fingerprint density at radius 1 is 1.10 bits per heavy atom. The molecule has 0 aliphatic rings. The summed E-state index contributed by atoms with van der Waals surface area (Å²) in [5, 5.41) is 7.17. The number of hydrogen-bond donors (Lipinski definition) is 2. The number of nitrogens with zero attached hydrogens (tertiary/aromatic N) is 3. The van der Waals surface area contributed by atoms with Gasteiger partial charge in [0.05, 0.1) is 22.2 Å². The average Bonchev–Trinajstić information content (AvgIpc) is 2.80. The third-order valence-electron chi connectivity index (χ3n) is 2.88. The summed E-state index contributed by atoms with van der Waals surface area (Å²) in [5.41, 5.74) is 6.34. The monoisotopic (exact) mass is 279 g/mol. The molecule has 3 aromatic heterocycles. The van der Waals surface area contributed by atoms with Crippen molar-refractivity contribution in [3.05, 3.63) is 36.3 Å². The molecular formula is C12H8F3N5. The normalized spacial score (nSPS) is 11.9. The minimum absolute atomic E-state index is 0.279. The van der Waals surface area contributed by atoms with Gasteiger partial charge in [0.15, 0.2) is 5.82 Å². The smallest absolute Gasteiger partial charge is 0.382 e. The molecule has 0 aliphatic carbocycles. The van der Waals surface area contributed by atoms with Crippen molar-refractivity contribution in [2.75, 3.05) is 5.73 Å². The molecule has 0 unspecified atom stereocenters. The molecule has 0 saturated carbocycles. The van der Waals surface area contributed by atoms with E-state index < -0.39 is 11.7 Å². The molecule has 0 atom stereocenters. The average molecular weight is 279 g/mol. The number of nitrogens with two attached hydrogens (primary N) is 1. The predicted octanol–water partition coefficient (Wildman–Crippen LogP) is 2.62. The molecule has 0 amide bonds. The molecule has 3 N–H and O–H groups in total. The van der Waals surface area contributed by atoms with Crippen molar-refractivity contribution in [2.45, 2.75) is 6.18 Å². The molecule has 3 aromatic rings. The van der Waals surface area contributed by atoms with Crippen molar-refractivity contribution in [1.29, 1.82) is 0 Å². The number of aromatic amines is 1. The molecule has 0 fully saturated rings. The van der Waals surface area contributed by atoms with Crippen LogP contribution in [0.4, 0.5) is 19.0 Å². The molecule has 8 heteroatoms. The Kier molecular flexibility index (Phi) is 2.60. The lowest BCUT2D eigenvalue weighted by Crippen LogP contribution is -2.05. The van der Waals surface area contributed by atoms with Crippen LogP contribution in [0, 0.1) is 0 Å². The molecule has 0 aliphatic heterocycles. The number of nitrogen functional groups attached to an aromatic ring is 1. The molecule has 102 valence electrons. The van der Waals surface area contributed by atoms with Crippen LogP contribution in [0.15, 0.2) is 30.7 Å². The van der Waals surface area contributed by atoms with Gasteiger partial charge in [0.1, 0.15) is 0 Å². The Hall–Kier alpha value is -2.64. The minimum Gasteiger partial charge on any atom is -0.382 e. The number of pyridine rings is 2. The van der Waals surface area contributed by atoms with Crippen LogP contribution in [0.2, 0.25) is 0 Å². The van der Waals surface area contributed by atoms with Gasteiger partial charge in [-0.3, -0.25) is 15.1 Å². The zero-order valence-corrected chi connectivity index (χ0v) is 9.94. The van der Waals surface area contributed by atoms with E-state index in [4.69, 9.17) is 5.73 Å². The molecule has 0 aromatic carbocycles. The van der Waals surface area contributed by atoms with E-state index in [0.717, 1.165) is 12.3 Å². The number of hydrogen-bond acceptors (Lipinski definition) is 4. The van der Waals surface area contributed by atoms with Gasteiger partial charge in [0.2, 0.25) is 0 Å². The SMILES string of the molecule is Nc1n[nH]c2c(-c3ccc(C(F)(F)F)cn3)cncc12. The third kappa shape index (κ3) is 1.94. The lowest BCUT2D eigenvalue weighted by molar-refractivity contribution is -0.137. The fourth-order valence-corrected chi connectivity index (χ4v) is 1.87. The molecular weight excluding hydrogens is 271 g/mol. The summed E-state index contributed by atoms with van der Waals surface area (Å²) in [6.07, 6.45) is -0.598. The zero-order valence-electron chi connectivity index (χ0n) is 9.94. The van der Waals surface area contributed by atoms with Gasteiger partial charge in [-0.1, -0.05) is 0 Å². The highest BCUT2D eigenvalue weighted by atomic mass is 19.4. The van der Waals surface area contributed by atoms with E-state index in [9.17, 15) is 13.2 Å². The van der Waals surface area contributed by atoms with E-state index in [0.29, 0.717) is 22.2 Å². The summed E-state index contributed by atoms with van der Waals surface area (Å²) < 4.78 is 37.5. The third-order valence-corrected chi connectivity index (χ3v) is 2.88. The van der Waals surface area contributed by atoms with Gasteiger partial charge in [-0.2, -0.15) is 18.3 Å². The molecule has 5 nitrogen and oxygen atoms in total. The number of aromatic nitrogens is 4. The molecule has 0 radical (unpaired) electrons. The maximum Gasteiger partial charge on any atom is 0.417 e. The Balaban J connectivity index is 2.12. The van der Waals surface area contributed by atoms with Gasteiger partial charge < -0.3 is 5.73 Å². The first-order valence-corrected chi connectivity index (χ1v) is 5.58. The van der Waals surface area contributed by atoms with Gasteiger partial charge in [0, 0.05) is 24.2 Å². The van der Waals surface area contributed by atoms with Crippen LogP contribution >= 0.6 is 0 Å². The van der Waals surface area contributed by atoms with E-state index in [1.165, 1.54) is 18.5 Å². The summed E-state index contributed by atoms with van der Waals surface area (Å²) in [4.78, 5) is 7.82. The predicted molar refractivity (Wildman–Crippen MR) is 66.5 cm³/mol. The van der Waals surface area contributed by atoms with Crippen LogP contribution < -0.4 is 5.73 Å². The number of anilines is 1. The summed E-state index contributed by atoms with van der Waals surface area (Å²) in [7, 11) is 0. The highest BCUT2D eigenvalue weighted by molar-refractivity contribution is 5.97. The van der Waals surface area contributed by atoms with E-state index in [-0.39, 0.29) is 5.82 Å². The number of rotatable bonds is 1. The highest BCUT2D eigenvalue weighted by Gasteiger charge is 2.30. The number of alkyl halides is 3. The number of fused-ring (bicyclic) bond motifs is 1. The van der Waals surface area contributed by atoms with Crippen molar-refractivity contribution >= 4 is 16.7 Å². The molecule has 0 spiro atoms. The van der Waals surface area contributed by atoms with Crippen molar-refractivity contribution in [3.63, 3.8) is 0 Å². The van der Waals surface area contributed by atoms with Gasteiger partial charge in [0.25, 0.3) is 0 Å². The van der Waals surface area contributed by atoms with E-state index >= 15 is 0 Å². The quantitative estimate of drug-likeness (QED) is 0.717. The van der Waals surface area contributed by atoms with E-state index in [2.05, 4.69) is 20.2 Å². The summed E-state index contributed by atoms with van der Waals surface area (Å²) in [6.45, 7) is 0. The number of halogens is 3. The Bertz CT molecular complexity index is 761. The Morgan fingerprint density at radius 2 is 1.90 bits per heavy atom. The lowest BCUT2D eigenvalue weighted by atomic mass is 10.1. The van der Waals surface area contributed by atoms with Crippen LogP contribution in [0.3, 0.4) is 0 Å². The van der Waals surface area contributed by atoms with Crippen molar-refractivity contribution in [3.8, 4) is 11.3 Å². The topological polar surface area (TPSA) is 80.5 Å². The first-order chi connectivity index (χ1) is 9.47. The van der Waals surface area contributed by atoms with Gasteiger partial charge in [-0.15, -0.1) is 0 Å². The number of nitrogens with one attached hydrogen (secondary N) is 1. The Morgan fingerprint density at radius 3 is 2.55 bits per heavy atom.